The molecule has 96 valence electrons. The normalized spacial score (nSPS) is 18.4. The summed E-state index contributed by atoms with van der Waals surface area (Å²) in [7, 11) is 0. The van der Waals surface area contributed by atoms with Gasteiger partial charge in [0.05, 0.1) is 11.6 Å². The Bertz CT molecular complexity index is 509. The van der Waals surface area contributed by atoms with Gasteiger partial charge in [0.25, 0.3) is 0 Å². The molecule has 1 aliphatic rings. The van der Waals surface area contributed by atoms with E-state index in [2.05, 4.69) is 15.6 Å². The average molecular weight is 288 g/mol. The Morgan fingerprint density at radius 2 is 2.33 bits per heavy atom. The Kier molecular flexibility index (Phi) is 4.08. The number of thioether (sulfide) groups is 1. The molecule has 0 fully saturated rings. The number of amides is 2. The second-order valence-electron chi connectivity index (χ2n) is 3.78. The Hall–Kier alpha value is -1.27. The predicted octanol–water partition coefficient (Wildman–Crippen LogP) is 3.09. The van der Waals surface area contributed by atoms with E-state index in [4.69, 9.17) is 11.6 Å². The van der Waals surface area contributed by atoms with Crippen LogP contribution in [-0.2, 0) is 0 Å². The lowest BCUT2D eigenvalue weighted by molar-refractivity contribution is 0.256. The van der Waals surface area contributed by atoms with Gasteiger partial charge in [-0.3, -0.25) is 10.3 Å². The number of hydrogen-bond acceptors (Lipinski definition) is 3. The van der Waals surface area contributed by atoms with Crippen LogP contribution in [-0.4, -0.2) is 23.0 Å². The molecule has 0 saturated heterocycles. The highest BCUT2D eigenvalue weighted by Gasteiger charge is 2.17. The number of nitrogens with one attached hydrogen (secondary N) is 2. The van der Waals surface area contributed by atoms with Crippen molar-refractivity contribution in [3.05, 3.63) is 29.0 Å². The van der Waals surface area contributed by atoms with E-state index in [1.54, 1.807) is 0 Å². The molecule has 1 atom stereocenters. The molecule has 2 rings (SSSR count). The number of rotatable bonds is 1. The molecule has 0 aromatic heterocycles. The summed E-state index contributed by atoms with van der Waals surface area (Å²) in [5.41, 5.74) is 0.426. The molecule has 7 heteroatoms. The van der Waals surface area contributed by atoms with Crippen LogP contribution in [0.1, 0.15) is 6.92 Å². The minimum atomic E-state index is -0.521. The molecule has 0 spiro atoms. The topological polar surface area (TPSA) is 53.5 Å². The van der Waals surface area contributed by atoms with Crippen molar-refractivity contribution in [2.24, 2.45) is 4.99 Å². The van der Waals surface area contributed by atoms with Crippen molar-refractivity contribution in [1.82, 2.24) is 5.32 Å². The first-order valence-electron chi connectivity index (χ1n) is 5.29. The maximum atomic E-state index is 12.9. The van der Waals surface area contributed by atoms with E-state index in [0.29, 0.717) is 22.6 Å². The van der Waals surface area contributed by atoms with Gasteiger partial charge < -0.3 is 5.32 Å². The second-order valence-corrected chi connectivity index (χ2v) is 5.62. The predicted molar refractivity (Wildman–Crippen MR) is 72.9 cm³/mol. The zero-order valence-electron chi connectivity index (χ0n) is 9.54. The molecule has 1 aliphatic heterocycles. The lowest BCUT2D eigenvalue weighted by Gasteiger charge is -2.07. The van der Waals surface area contributed by atoms with Gasteiger partial charge in [-0.2, -0.15) is 0 Å². The summed E-state index contributed by atoms with van der Waals surface area (Å²) in [4.78, 5) is 15.8. The molecule has 18 heavy (non-hydrogen) atoms. The molecule has 4 nitrogen and oxygen atoms in total. The standard InChI is InChI=1S/C11H11ClFN3OS/c1-6-5-14-11(18-6)16-10(17)15-7-2-3-9(13)8(12)4-7/h2-4,6H,5H2,1H3,(H2,14,15,16,17). The van der Waals surface area contributed by atoms with Crippen LogP contribution in [0, 0.1) is 5.82 Å². The molecule has 1 aromatic carbocycles. The third-order valence-corrected chi connectivity index (χ3v) is 3.50. The van der Waals surface area contributed by atoms with E-state index in [9.17, 15) is 9.18 Å². The molecule has 2 N–H and O–H groups in total. The second kappa shape index (κ2) is 5.58. The van der Waals surface area contributed by atoms with Crippen molar-refractivity contribution in [1.29, 1.82) is 0 Å². The Morgan fingerprint density at radius 1 is 1.56 bits per heavy atom. The van der Waals surface area contributed by atoms with Gasteiger partial charge in [-0.05, 0) is 18.2 Å². The first kappa shape index (κ1) is 13.2. The Balaban J connectivity index is 1.93. The molecule has 0 aliphatic carbocycles. The molecular weight excluding hydrogens is 277 g/mol. The summed E-state index contributed by atoms with van der Waals surface area (Å²) in [5, 5.41) is 6.11. The van der Waals surface area contributed by atoms with Crippen molar-refractivity contribution in [3.63, 3.8) is 0 Å². The number of halogens is 2. The first-order valence-corrected chi connectivity index (χ1v) is 6.54. The van der Waals surface area contributed by atoms with Crippen LogP contribution in [0.4, 0.5) is 14.9 Å². The van der Waals surface area contributed by atoms with E-state index in [0.717, 1.165) is 0 Å². The lowest BCUT2D eigenvalue weighted by Crippen LogP contribution is -2.32. The number of aliphatic imine (C=N–C) groups is 1. The molecule has 0 saturated carbocycles. The number of nitrogens with zero attached hydrogens (tertiary/aromatic N) is 1. The number of hydrogen-bond donors (Lipinski definition) is 2. The highest BCUT2D eigenvalue weighted by molar-refractivity contribution is 8.14. The van der Waals surface area contributed by atoms with Crippen molar-refractivity contribution >= 4 is 40.2 Å². The van der Waals surface area contributed by atoms with Crippen LogP contribution in [0.25, 0.3) is 0 Å². The fourth-order valence-corrected chi connectivity index (χ4v) is 2.39. The number of carbonyl (C=O) groups is 1. The first-order chi connectivity index (χ1) is 8.54. The number of benzene rings is 1. The van der Waals surface area contributed by atoms with E-state index < -0.39 is 11.8 Å². The molecule has 0 radical (unpaired) electrons. The molecule has 2 amide bonds. The van der Waals surface area contributed by atoms with Crippen LogP contribution in [0.3, 0.4) is 0 Å². The zero-order valence-corrected chi connectivity index (χ0v) is 11.1. The molecule has 1 heterocycles. The van der Waals surface area contributed by atoms with Gasteiger partial charge in [-0.15, -0.1) is 0 Å². The molecule has 1 unspecified atom stereocenters. The van der Waals surface area contributed by atoms with Gasteiger partial charge >= 0.3 is 6.03 Å². The number of anilines is 1. The third kappa shape index (κ3) is 3.36. The minimum Gasteiger partial charge on any atom is -0.308 e. The number of carbonyl (C=O) groups excluding carboxylic acids is 1. The highest BCUT2D eigenvalue weighted by atomic mass is 35.5. The summed E-state index contributed by atoms with van der Waals surface area (Å²) in [6.07, 6.45) is 0. The summed E-state index contributed by atoms with van der Waals surface area (Å²) in [6.45, 7) is 2.73. The maximum Gasteiger partial charge on any atom is 0.325 e. The van der Waals surface area contributed by atoms with E-state index in [-0.39, 0.29) is 5.02 Å². The van der Waals surface area contributed by atoms with Crippen molar-refractivity contribution in [2.75, 3.05) is 11.9 Å². The number of amidine groups is 1. The van der Waals surface area contributed by atoms with Gasteiger partial charge in [0.1, 0.15) is 5.82 Å². The highest BCUT2D eigenvalue weighted by Crippen LogP contribution is 2.20. The van der Waals surface area contributed by atoms with Crippen LogP contribution in [0.15, 0.2) is 23.2 Å². The third-order valence-electron chi connectivity index (χ3n) is 2.20. The van der Waals surface area contributed by atoms with Gasteiger partial charge in [-0.1, -0.05) is 30.3 Å². The van der Waals surface area contributed by atoms with Crippen molar-refractivity contribution < 1.29 is 9.18 Å². The fourth-order valence-electron chi connectivity index (χ4n) is 1.38. The summed E-state index contributed by atoms with van der Waals surface area (Å²) < 4.78 is 12.9. The molecular formula is C11H11ClFN3OS. The smallest absolute Gasteiger partial charge is 0.308 e. The van der Waals surface area contributed by atoms with Gasteiger partial charge in [0, 0.05) is 10.9 Å². The Morgan fingerprint density at radius 3 is 2.94 bits per heavy atom. The van der Waals surface area contributed by atoms with Gasteiger partial charge in [0.2, 0.25) is 0 Å². The number of urea groups is 1. The monoisotopic (exact) mass is 287 g/mol. The van der Waals surface area contributed by atoms with Crippen molar-refractivity contribution in [3.8, 4) is 0 Å². The SMILES string of the molecule is CC1CN=C(NC(=O)Nc2ccc(F)c(Cl)c2)S1. The fraction of sp³-hybridized carbons (Fsp3) is 0.273. The lowest BCUT2D eigenvalue weighted by atomic mass is 10.3. The van der Waals surface area contributed by atoms with Crippen LogP contribution in [0.5, 0.6) is 0 Å². The van der Waals surface area contributed by atoms with Gasteiger partial charge in [-0.25, -0.2) is 9.18 Å². The Labute approximate surface area is 113 Å². The zero-order chi connectivity index (χ0) is 13.1. The summed E-state index contributed by atoms with van der Waals surface area (Å²) >= 11 is 7.11. The summed E-state index contributed by atoms with van der Waals surface area (Å²) in [6, 6.07) is 3.57. The van der Waals surface area contributed by atoms with Crippen molar-refractivity contribution in [2.45, 2.75) is 12.2 Å². The van der Waals surface area contributed by atoms with E-state index in [1.807, 2.05) is 6.92 Å². The molecule has 1 aromatic rings. The molecule has 0 bridgehead atoms. The largest absolute Gasteiger partial charge is 0.325 e. The summed E-state index contributed by atoms with van der Waals surface area (Å²) in [5.74, 6) is -0.521. The van der Waals surface area contributed by atoms with Gasteiger partial charge in [0.15, 0.2) is 5.17 Å². The van der Waals surface area contributed by atoms with E-state index in [1.165, 1.54) is 30.0 Å². The van der Waals surface area contributed by atoms with Crippen LogP contribution < -0.4 is 10.6 Å². The minimum absolute atomic E-state index is 0.0333. The van der Waals surface area contributed by atoms with E-state index >= 15 is 0 Å². The van der Waals surface area contributed by atoms with Crippen LogP contribution in [0.2, 0.25) is 5.02 Å². The van der Waals surface area contributed by atoms with Crippen LogP contribution >= 0.6 is 23.4 Å². The maximum absolute atomic E-state index is 12.9. The average Bonchev–Trinajstić information content (AvgIpc) is 2.69. The quantitative estimate of drug-likeness (QED) is 0.834.